The third-order valence-corrected chi connectivity index (χ3v) is 5.57. The number of ketones is 1. The van der Waals surface area contributed by atoms with Gasteiger partial charge in [-0.15, -0.1) is 5.10 Å². The van der Waals surface area contributed by atoms with E-state index in [2.05, 4.69) is 10.3 Å². The predicted octanol–water partition coefficient (Wildman–Crippen LogP) is 1.06. The van der Waals surface area contributed by atoms with Crippen molar-refractivity contribution >= 4 is 29.3 Å². The maximum Gasteiger partial charge on any atom is 0.414 e. The Morgan fingerprint density at radius 2 is 1.94 bits per heavy atom. The van der Waals surface area contributed by atoms with E-state index in [-0.39, 0.29) is 30.4 Å². The lowest BCUT2D eigenvalue weighted by atomic mass is 10.0. The lowest BCUT2D eigenvalue weighted by Gasteiger charge is -2.16. The SMILES string of the molecule is CC(=O)[C@@H](N)C1CN(c2ccc(-c3ccc(Cn4nnc(C(N)=O)c4N)cc3)c(F)c2)C(=O)O1. The average molecular weight is 467 g/mol. The molecule has 2 heterocycles. The zero-order valence-electron chi connectivity index (χ0n) is 18.1. The molecule has 2 atom stereocenters. The Kier molecular flexibility index (Phi) is 5.99. The molecule has 1 aromatic heterocycles. The number of benzene rings is 2. The van der Waals surface area contributed by atoms with Gasteiger partial charge in [0.25, 0.3) is 5.91 Å². The number of anilines is 2. The number of ether oxygens (including phenoxy) is 1. The normalized spacial score (nSPS) is 16.4. The molecule has 0 saturated carbocycles. The number of hydrogen-bond acceptors (Lipinski definition) is 8. The minimum absolute atomic E-state index is 0.0515. The van der Waals surface area contributed by atoms with E-state index in [1.807, 2.05) is 0 Å². The fraction of sp³-hybridized carbons (Fsp3) is 0.227. The van der Waals surface area contributed by atoms with Gasteiger partial charge in [-0.2, -0.15) is 0 Å². The summed E-state index contributed by atoms with van der Waals surface area (Å²) in [6.07, 6.45) is -1.48. The number of Topliss-reactive ketones (excluding diaryl/α,β-unsaturated/α-hetero) is 1. The van der Waals surface area contributed by atoms with Gasteiger partial charge in [0.2, 0.25) is 0 Å². The molecule has 1 unspecified atom stereocenters. The standard InChI is InChI=1S/C22H22FN7O4/c1-11(31)18(24)17-10-29(22(33)34-17)14-6-7-15(16(23)8-14)13-4-2-12(3-5-13)9-30-20(25)19(21(26)32)27-28-30/h2-8,17-18H,9-10,24-25H2,1H3,(H2,26,32)/t17?,18-/m1/s1. The predicted molar refractivity (Wildman–Crippen MR) is 120 cm³/mol. The van der Waals surface area contributed by atoms with Gasteiger partial charge in [-0.25, -0.2) is 13.9 Å². The van der Waals surface area contributed by atoms with Crippen LogP contribution >= 0.6 is 0 Å². The minimum atomic E-state index is -0.938. The Hall–Kier alpha value is -4.32. The Balaban J connectivity index is 1.50. The van der Waals surface area contributed by atoms with Gasteiger partial charge in [0.15, 0.2) is 11.5 Å². The summed E-state index contributed by atoms with van der Waals surface area (Å²) in [4.78, 5) is 36.2. The van der Waals surface area contributed by atoms with Crippen LogP contribution in [0, 0.1) is 5.82 Å². The monoisotopic (exact) mass is 467 g/mol. The maximum absolute atomic E-state index is 14.9. The fourth-order valence-corrected chi connectivity index (χ4v) is 3.63. The molecule has 0 spiro atoms. The van der Waals surface area contributed by atoms with Crippen molar-refractivity contribution in [3.8, 4) is 11.1 Å². The number of hydrogen-bond donors (Lipinski definition) is 3. The summed E-state index contributed by atoms with van der Waals surface area (Å²) in [5, 5.41) is 7.48. The van der Waals surface area contributed by atoms with Crippen LogP contribution in [0.4, 0.5) is 20.7 Å². The molecule has 34 heavy (non-hydrogen) atoms. The number of primary amides is 1. The van der Waals surface area contributed by atoms with Crippen LogP contribution in [-0.4, -0.2) is 51.5 Å². The highest BCUT2D eigenvalue weighted by Gasteiger charge is 2.37. The first-order valence-corrected chi connectivity index (χ1v) is 10.3. The molecule has 0 aliphatic carbocycles. The van der Waals surface area contributed by atoms with E-state index >= 15 is 0 Å². The smallest absolute Gasteiger partial charge is 0.414 e. The summed E-state index contributed by atoms with van der Waals surface area (Å²) in [7, 11) is 0. The van der Waals surface area contributed by atoms with Gasteiger partial charge in [-0.05, 0) is 36.2 Å². The number of aromatic nitrogens is 3. The summed E-state index contributed by atoms with van der Waals surface area (Å²) in [5.41, 5.74) is 18.7. The molecule has 1 aliphatic rings. The van der Waals surface area contributed by atoms with Crippen LogP contribution in [0.5, 0.6) is 0 Å². The molecule has 0 radical (unpaired) electrons. The zero-order chi connectivity index (χ0) is 24.6. The Labute approximate surface area is 193 Å². The lowest BCUT2D eigenvalue weighted by Crippen LogP contribution is -2.43. The highest BCUT2D eigenvalue weighted by Crippen LogP contribution is 2.30. The van der Waals surface area contributed by atoms with Gasteiger partial charge in [-0.3, -0.25) is 14.5 Å². The molecule has 4 rings (SSSR count). The van der Waals surface area contributed by atoms with Gasteiger partial charge in [0, 0.05) is 5.56 Å². The molecule has 1 saturated heterocycles. The maximum atomic E-state index is 14.9. The summed E-state index contributed by atoms with van der Waals surface area (Å²) >= 11 is 0. The van der Waals surface area contributed by atoms with Crippen LogP contribution in [0.15, 0.2) is 42.5 Å². The molecule has 176 valence electrons. The topological polar surface area (TPSA) is 172 Å². The van der Waals surface area contributed by atoms with E-state index in [4.69, 9.17) is 21.9 Å². The second-order valence-electron chi connectivity index (χ2n) is 7.88. The van der Waals surface area contributed by atoms with Crippen molar-refractivity contribution in [1.82, 2.24) is 15.0 Å². The van der Waals surface area contributed by atoms with Gasteiger partial charge in [-0.1, -0.05) is 29.5 Å². The zero-order valence-corrected chi connectivity index (χ0v) is 18.1. The van der Waals surface area contributed by atoms with Crippen molar-refractivity contribution in [3.63, 3.8) is 0 Å². The van der Waals surface area contributed by atoms with Gasteiger partial charge < -0.3 is 21.9 Å². The Morgan fingerprint density at radius 3 is 2.53 bits per heavy atom. The van der Waals surface area contributed by atoms with Crippen LogP contribution in [0.1, 0.15) is 23.0 Å². The first-order chi connectivity index (χ1) is 16.2. The molecule has 6 N–H and O–H groups in total. The second-order valence-corrected chi connectivity index (χ2v) is 7.88. The van der Waals surface area contributed by atoms with Crippen LogP contribution in [0.25, 0.3) is 11.1 Å². The molecule has 3 aromatic rings. The van der Waals surface area contributed by atoms with Crippen LogP contribution < -0.4 is 22.1 Å². The van der Waals surface area contributed by atoms with E-state index < -0.39 is 30.0 Å². The number of nitrogens with two attached hydrogens (primary N) is 3. The second kappa shape index (κ2) is 8.90. The molecule has 11 nitrogen and oxygen atoms in total. The molecular formula is C22H22FN7O4. The summed E-state index contributed by atoms with van der Waals surface area (Å²) in [6, 6.07) is 10.4. The van der Waals surface area contributed by atoms with E-state index in [0.717, 1.165) is 5.56 Å². The number of halogens is 1. The lowest BCUT2D eigenvalue weighted by molar-refractivity contribution is -0.120. The summed E-state index contributed by atoms with van der Waals surface area (Å²) in [5.74, 6) is -1.55. The average Bonchev–Trinajstić information content (AvgIpc) is 3.36. The van der Waals surface area contributed by atoms with Gasteiger partial charge in [0.05, 0.1) is 18.8 Å². The number of nitrogen functional groups attached to an aromatic ring is 1. The highest BCUT2D eigenvalue weighted by atomic mass is 19.1. The van der Waals surface area contributed by atoms with Crippen molar-refractivity contribution in [2.45, 2.75) is 25.6 Å². The Morgan fingerprint density at radius 1 is 1.24 bits per heavy atom. The van der Waals surface area contributed by atoms with Crippen LogP contribution in [-0.2, 0) is 16.1 Å². The van der Waals surface area contributed by atoms with Crippen molar-refractivity contribution in [1.29, 1.82) is 0 Å². The molecule has 1 fully saturated rings. The van der Waals surface area contributed by atoms with Crippen LogP contribution in [0.2, 0.25) is 0 Å². The van der Waals surface area contributed by atoms with Crippen molar-refractivity contribution in [2.24, 2.45) is 11.5 Å². The quantitative estimate of drug-likeness (QED) is 0.462. The number of rotatable bonds is 7. The Bertz CT molecular complexity index is 1270. The highest BCUT2D eigenvalue weighted by molar-refractivity contribution is 5.95. The minimum Gasteiger partial charge on any atom is -0.442 e. The van der Waals surface area contributed by atoms with E-state index in [1.165, 1.54) is 22.6 Å². The number of nitrogens with zero attached hydrogens (tertiary/aromatic N) is 4. The van der Waals surface area contributed by atoms with Gasteiger partial charge >= 0.3 is 6.09 Å². The summed E-state index contributed by atoms with van der Waals surface area (Å²) in [6.45, 7) is 1.62. The third-order valence-electron chi connectivity index (χ3n) is 5.57. The number of carbonyl (C=O) groups excluding carboxylic acids is 3. The molecule has 1 aliphatic heterocycles. The fourth-order valence-electron chi connectivity index (χ4n) is 3.63. The summed E-state index contributed by atoms with van der Waals surface area (Å²) < 4.78 is 21.4. The molecule has 2 aromatic carbocycles. The first-order valence-electron chi connectivity index (χ1n) is 10.3. The van der Waals surface area contributed by atoms with Crippen molar-refractivity contribution in [3.05, 3.63) is 59.5 Å². The molecule has 12 heteroatoms. The van der Waals surface area contributed by atoms with E-state index in [1.54, 1.807) is 36.4 Å². The largest absolute Gasteiger partial charge is 0.442 e. The van der Waals surface area contributed by atoms with Gasteiger partial charge in [0.1, 0.15) is 23.7 Å². The van der Waals surface area contributed by atoms with E-state index in [0.29, 0.717) is 16.8 Å². The number of amides is 2. The number of carbonyl (C=O) groups is 3. The van der Waals surface area contributed by atoms with Crippen molar-refractivity contribution in [2.75, 3.05) is 17.2 Å². The van der Waals surface area contributed by atoms with Crippen molar-refractivity contribution < 1.29 is 23.5 Å². The van der Waals surface area contributed by atoms with Crippen LogP contribution in [0.3, 0.4) is 0 Å². The molecular weight excluding hydrogens is 445 g/mol. The molecule has 2 amide bonds. The molecule has 0 bridgehead atoms. The van der Waals surface area contributed by atoms with E-state index in [9.17, 15) is 18.8 Å². The third kappa shape index (κ3) is 4.30. The first kappa shape index (κ1) is 22.9. The number of cyclic esters (lactones) is 1.